The highest BCUT2D eigenvalue weighted by atomic mass is 32.2. The van der Waals surface area contributed by atoms with Crippen molar-refractivity contribution in [2.45, 2.75) is 43.7 Å². The lowest BCUT2D eigenvalue weighted by molar-refractivity contribution is -0.116. The zero-order valence-corrected chi connectivity index (χ0v) is 16.7. The van der Waals surface area contributed by atoms with Gasteiger partial charge >= 0.3 is 6.18 Å². The fourth-order valence-corrected chi connectivity index (χ4v) is 3.90. The predicted octanol–water partition coefficient (Wildman–Crippen LogP) is 5.03. The molecule has 1 N–H and O–H groups in total. The summed E-state index contributed by atoms with van der Waals surface area (Å²) in [7, 11) is 1.78. The van der Waals surface area contributed by atoms with Crippen LogP contribution in [0.25, 0.3) is 17.5 Å². The van der Waals surface area contributed by atoms with E-state index in [4.69, 9.17) is 0 Å². The van der Waals surface area contributed by atoms with Gasteiger partial charge in [0.25, 0.3) is 0 Å². The van der Waals surface area contributed by atoms with Crippen LogP contribution in [0, 0.1) is 6.92 Å². The molecular weight excluding hydrogens is 387 g/mol. The Morgan fingerprint density at radius 2 is 2.11 bits per heavy atom. The Hall–Kier alpha value is -2.22. The number of imidazole rings is 1. The Morgan fingerprint density at radius 1 is 1.39 bits per heavy atom. The SMILES string of the molecule is CCSc1cc(C2CC2)ccc1-c1nc(/C=C(\NC=O)C(F)(F)F)c(C)n1C. The molecule has 1 aromatic carbocycles. The maximum Gasteiger partial charge on any atom is 0.431 e. The molecule has 4 nitrogen and oxygen atoms in total. The third-order valence-corrected chi connectivity index (χ3v) is 5.75. The highest BCUT2D eigenvalue weighted by Gasteiger charge is 2.34. The van der Waals surface area contributed by atoms with E-state index in [9.17, 15) is 18.0 Å². The molecule has 0 radical (unpaired) electrons. The van der Waals surface area contributed by atoms with Gasteiger partial charge in [0.2, 0.25) is 6.41 Å². The number of hydrogen-bond donors (Lipinski definition) is 1. The van der Waals surface area contributed by atoms with Crippen molar-refractivity contribution >= 4 is 24.2 Å². The molecule has 2 aromatic rings. The topological polar surface area (TPSA) is 46.9 Å². The summed E-state index contributed by atoms with van der Waals surface area (Å²) in [6.07, 6.45) is -1.37. The molecule has 1 amide bonds. The number of allylic oxidation sites excluding steroid dienone is 1. The summed E-state index contributed by atoms with van der Waals surface area (Å²) in [4.78, 5) is 16.1. The molecule has 1 saturated carbocycles. The van der Waals surface area contributed by atoms with E-state index in [1.54, 1.807) is 35.6 Å². The van der Waals surface area contributed by atoms with Crippen molar-refractivity contribution in [3.05, 3.63) is 40.8 Å². The Labute approximate surface area is 166 Å². The second kappa shape index (κ2) is 8.03. The lowest BCUT2D eigenvalue weighted by Gasteiger charge is -2.11. The molecular formula is C20H22F3N3OS. The van der Waals surface area contributed by atoms with Crippen molar-refractivity contribution in [3.63, 3.8) is 0 Å². The van der Waals surface area contributed by atoms with Gasteiger partial charge in [-0.3, -0.25) is 4.79 Å². The fraction of sp³-hybridized carbons (Fsp3) is 0.400. The summed E-state index contributed by atoms with van der Waals surface area (Å²) in [5, 5.41) is 1.73. The lowest BCUT2D eigenvalue weighted by atomic mass is 10.1. The van der Waals surface area contributed by atoms with Crippen LogP contribution in [0.3, 0.4) is 0 Å². The zero-order chi connectivity index (χ0) is 20.5. The van der Waals surface area contributed by atoms with Crippen molar-refractivity contribution in [2.75, 3.05) is 5.75 Å². The number of amides is 1. The fourth-order valence-electron chi connectivity index (χ4n) is 3.05. The molecule has 1 aliphatic rings. The first kappa shape index (κ1) is 20.5. The van der Waals surface area contributed by atoms with Gasteiger partial charge in [-0.1, -0.05) is 13.0 Å². The molecule has 150 valence electrons. The summed E-state index contributed by atoms with van der Waals surface area (Å²) in [5.74, 6) is 2.11. The maximum atomic E-state index is 13.1. The Bertz CT molecular complexity index is 914. The minimum absolute atomic E-state index is 0.0190. The number of aromatic nitrogens is 2. The van der Waals surface area contributed by atoms with Crippen LogP contribution < -0.4 is 5.32 Å². The molecule has 1 heterocycles. The average molecular weight is 409 g/mol. The number of carbonyl (C=O) groups excluding carboxylic acids is 1. The molecule has 28 heavy (non-hydrogen) atoms. The van der Waals surface area contributed by atoms with Crippen molar-refractivity contribution in [1.82, 2.24) is 14.9 Å². The predicted molar refractivity (Wildman–Crippen MR) is 105 cm³/mol. The number of nitrogens with zero attached hydrogens (tertiary/aromatic N) is 2. The van der Waals surface area contributed by atoms with Crippen LogP contribution in [0.4, 0.5) is 13.2 Å². The molecule has 1 aromatic heterocycles. The molecule has 0 saturated heterocycles. The van der Waals surface area contributed by atoms with Crippen LogP contribution in [-0.4, -0.2) is 27.9 Å². The molecule has 1 aliphatic carbocycles. The van der Waals surface area contributed by atoms with Gasteiger partial charge in [0.1, 0.15) is 11.5 Å². The van der Waals surface area contributed by atoms with Crippen molar-refractivity contribution in [2.24, 2.45) is 7.05 Å². The van der Waals surface area contributed by atoms with Crippen molar-refractivity contribution in [3.8, 4) is 11.4 Å². The summed E-state index contributed by atoms with van der Waals surface area (Å²) in [5.41, 5.74) is 1.84. The Morgan fingerprint density at radius 3 is 2.68 bits per heavy atom. The number of hydrogen-bond acceptors (Lipinski definition) is 3. The molecule has 0 aliphatic heterocycles. The minimum atomic E-state index is -4.67. The van der Waals surface area contributed by atoms with Gasteiger partial charge in [-0.2, -0.15) is 13.2 Å². The van der Waals surface area contributed by atoms with Gasteiger partial charge in [-0.25, -0.2) is 4.98 Å². The van der Waals surface area contributed by atoms with E-state index in [0.29, 0.717) is 17.4 Å². The largest absolute Gasteiger partial charge is 0.431 e. The summed E-state index contributed by atoms with van der Waals surface area (Å²) in [6, 6.07) is 6.27. The molecule has 8 heteroatoms. The van der Waals surface area contributed by atoms with E-state index in [2.05, 4.69) is 24.0 Å². The number of thioether (sulfide) groups is 1. The number of halogens is 3. The van der Waals surface area contributed by atoms with Crippen LogP contribution in [0.2, 0.25) is 0 Å². The van der Waals surface area contributed by atoms with Crippen LogP contribution in [0.5, 0.6) is 0 Å². The Balaban J connectivity index is 2.07. The van der Waals surface area contributed by atoms with Crippen molar-refractivity contribution < 1.29 is 18.0 Å². The van der Waals surface area contributed by atoms with E-state index in [0.717, 1.165) is 22.3 Å². The summed E-state index contributed by atoms with van der Waals surface area (Å²) >= 11 is 1.70. The highest BCUT2D eigenvalue weighted by Crippen LogP contribution is 2.43. The average Bonchev–Trinajstić information content (AvgIpc) is 3.44. The van der Waals surface area contributed by atoms with Crippen LogP contribution in [-0.2, 0) is 11.8 Å². The molecule has 3 rings (SSSR count). The molecule has 0 bridgehead atoms. The number of rotatable bonds is 7. The van der Waals surface area contributed by atoms with E-state index in [1.807, 2.05) is 6.07 Å². The first-order valence-corrected chi connectivity index (χ1v) is 10.0. The van der Waals surface area contributed by atoms with E-state index >= 15 is 0 Å². The van der Waals surface area contributed by atoms with Crippen molar-refractivity contribution in [1.29, 1.82) is 0 Å². The Kier molecular flexibility index (Phi) is 5.88. The minimum Gasteiger partial charge on any atom is -0.331 e. The smallest absolute Gasteiger partial charge is 0.331 e. The van der Waals surface area contributed by atoms with Crippen LogP contribution >= 0.6 is 11.8 Å². The first-order valence-electron chi connectivity index (χ1n) is 9.05. The van der Waals surface area contributed by atoms with E-state index < -0.39 is 11.9 Å². The zero-order valence-electron chi connectivity index (χ0n) is 15.9. The van der Waals surface area contributed by atoms with Gasteiger partial charge in [0.15, 0.2) is 0 Å². The van der Waals surface area contributed by atoms with E-state index in [-0.39, 0.29) is 12.1 Å². The van der Waals surface area contributed by atoms with Gasteiger partial charge in [-0.15, -0.1) is 11.8 Å². The molecule has 0 atom stereocenters. The summed E-state index contributed by atoms with van der Waals surface area (Å²) < 4.78 is 41.1. The number of alkyl halides is 3. The monoisotopic (exact) mass is 409 g/mol. The quantitative estimate of drug-likeness (QED) is 0.515. The molecule has 1 fully saturated rings. The van der Waals surface area contributed by atoms with Gasteiger partial charge in [0.05, 0.1) is 5.69 Å². The normalized spacial score (nSPS) is 15.0. The third-order valence-electron chi connectivity index (χ3n) is 4.81. The highest BCUT2D eigenvalue weighted by molar-refractivity contribution is 7.99. The second-order valence-corrected chi connectivity index (χ2v) is 8.05. The van der Waals surface area contributed by atoms with Crippen LogP contribution in [0.15, 0.2) is 28.8 Å². The molecule has 0 unspecified atom stereocenters. The second-order valence-electron chi connectivity index (χ2n) is 6.75. The molecule has 0 spiro atoms. The van der Waals surface area contributed by atoms with Crippen LogP contribution in [0.1, 0.15) is 42.6 Å². The third kappa shape index (κ3) is 4.27. The first-order chi connectivity index (χ1) is 13.3. The standard InChI is InChI=1S/C20H22F3N3OS/c1-4-28-17-9-14(13-5-6-13)7-8-15(17)19-25-16(12(2)26(19)3)10-18(24-11-27)20(21,22)23/h7-11,13H,4-6H2,1-3H3,(H,24,27)/b18-10-. The van der Waals surface area contributed by atoms with Gasteiger partial charge < -0.3 is 9.88 Å². The van der Waals surface area contributed by atoms with Gasteiger partial charge in [-0.05, 0) is 55.2 Å². The summed E-state index contributed by atoms with van der Waals surface area (Å²) in [6.45, 7) is 3.78. The lowest BCUT2D eigenvalue weighted by Crippen LogP contribution is -2.25. The van der Waals surface area contributed by atoms with E-state index in [1.165, 1.54) is 18.4 Å². The van der Waals surface area contributed by atoms with Gasteiger partial charge in [0, 0.05) is 23.2 Å². The number of carbonyl (C=O) groups is 1. The number of benzene rings is 1. The maximum absolute atomic E-state index is 13.1. The number of nitrogens with one attached hydrogen (secondary N) is 1.